The van der Waals surface area contributed by atoms with Crippen LogP contribution in [0.4, 0.5) is 5.69 Å². The third-order valence-corrected chi connectivity index (χ3v) is 2.35. The molecule has 0 unspecified atom stereocenters. The van der Waals surface area contributed by atoms with Gasteiger partial charge >= 0.3 is 5.97 Å². The fraction of sp³-hybridized carbons (Fsp3) is 0.222. The first-order valence-corrected chi connectivity index (χ1v) is 4.32. The van der Waals surface area contributed by atoms with E-state index < -0.39 is 12.0 Å². The molecule has 0 radical (unpaired) electrons. The molecule has 1 aromatic rings. The van der Waals surface area contributed by atoms with Crippen molar-refractivity contribution in [1.82, 2.24) is 0 Å². The summed E-state index contributed by atoms with van der Waals surface area (Å²) < 4.78 is 0. The number of carboxylic acid groups (broad SMARTS) is 1. The minimum atomic E-state index is -0.827. The summed E-state index contributed by atoms with van der Waals surface area (Å²) in [6.45, 7) is 0. The van der Waals surface area contributed by atoms with Gasteiger partial charge in [0.25, 0.3) is 0 Å². The van der Waals surface area contributed by atoms with Crippen LogP contribution in [-0.2, 0) is 11.2 Å². The number of hydrogen-bond acceptors (Lipinski definition) is 2. The Labute approximate surface area is 80.3 Å². The minimum Gasteiger partial charge on any atom is -0.480 e. The summed E-state index contributed by atoms with van der Waals surface area (Å²) in [6.07, 6.45) is 0.505. The van der Waals surface area contributed by atoms with Crippen LogP contribution in [0.2, 0.25) is 5.02 Å². The number of aliphatic carboxylic acids is 1. The molecule has 0 saturated carbocycles. The number of hydrogen-bond donors (Lipinski definition) is 2. The lowest BCUT2D eigenvalue weighted by Crippen LogP contribution is -2.26. The molecule has 0 fully saturated rings. The average molecular weight is 198 g/mol. The summed E-state index contributed by atoms with van der Waals surface area (Å²) in [6, 6.07) is 4.85. The van der Waals surface area contributed by atoms with E-state index in [9.17, 15) is 4.79 Å². The molecule has 0 spiro atoms. The molecule has 1 aromatic carbocycles. The van der Waals surface area contributed by atoms with Gasteiger partial charge in [-0.1, -0.05) is 11.6 Å². The molecule has 4 heteroatoms. The Hall–Kier alpha value is -1.22. The van der Waals surface area contributed by atoms with Crippen molar-refractivity contribution in [2.45, 2.75) is 12.5 Å². The number of halogens is 1. The van der Waals surface area contributed by atoms with Crippen molar-refractivity contribution in [1.29, 1.82) is 0 Å². The minimum absolute atomic E-state index is 0.505. The zero-order valence-electron chi connectivity index (χ0n) is 6.75. The standard InChI is InChI=1S/C9H8ClNO2/c10-6-1-2-7-5(3-6)4-8(11-7)9(12)13/h1-3,8,11H,4H2,(H,12,13)/t8-/m0/s1. The third kappa shape index (κ3) is 1.47. The number of fused-ring (bicyclic) bond motifs is 1. The fourth-order valence-corrected chi connectivity index (χ4v) is 1.67. The van der Waals surface area contributed by atoms with Gasteiger partial charge in [0.2, 0.25) is 0 Å². The normalized spacial score (nSPS) is 19.3. The number of benzene rings is 1. The van der Waals surface area contributed by atoms with Gasteiger partial charge in [0.05, 0.1) is 0 Å². The number of carbonyl (C=O) groups is 1. The van der Waals surface area contributed by atoms with E-state index in [1.165, 1.54) is 0 Å². The first-order chi connectivity index (χ1) is 6.16. The van der Waals surface area contributed by atoms with E-state index in [0.29, 0.717) is 11.4 Å². The molecule has 0 saturated heterocycles. The molecule has 1 atom stereocenters. The molecule has 1 aliphatic heterocycles. The van der Waals surface area contributed by atoms with Gasteiger partial charge in [-0.2, -0.15) is 0 Å². The van der Waals surface area contributed by atoms with Gasteiger partial charge < -0.3 is 10.4 Å². The predicted molar refractivity (Wildman–Crippen MR) is 50.2 cm³/mol. The van der Waals surface area contributed by atoms with Crippen LogP contribution in [0.3, 0.4) is 0 Å². The first-order valence-electron chi connectivity index (χ1n) is 3.94. The van der Waals surface area contributed by atoms with Gasteiger partial charge in [0, 0.05) is 17.1 Å². The molecule has 3 nitrogen and oxygen atoms in total. The van der Waals surface area contributed by atoms with E-state index >= 15 is 0 Å². The van der Waals surface area contributed by atoms with Crippen molar-refractivity contribution in [2.75, 3.05) is 5.32 Å². The summed E-state index contributed by atoms with van der Waals surface area (Å²) in [5.41, 5.74) is 1.84. The van der Waals surface area contributed by atoms with E-state index in [0.717, 1.165) is 11.3 Å². The molecule has 2 N–H and O–H groups in total. The Morgan fingerprint density at radius 1 is 1.62 bits per heavy atom. The van der Waals surface area contributed by atoms with Crippen LogP contribution >= 0.6 is 11.6 Å². The molecular formula is C9H8ClNO2. The van der Waals surface area contributed by atoms with Gasteiger partial charge in [0.15, 0.2) is 0 Å². The van der Waals surface area contributed by atoms with Crippen molar-refractivity contribution < 1.29 is 9.90 Å². The van der Waals surface area contributed by atoms with Crippen molar-refractivity contribution in [2.24, 2.45) is 0 Å². The summed E-state index contributed by atoms with van der Waals surface area (Å²) in [4.78, 5) is 10.7. The monoisotopic (exact) mass is 197 g/mol. The predicted octanol–water partition coefficient (Wildman–Crippen LogP) is 1.76. The van der Waals surface area contributed by atoms with Crippen LogP contribution in [0.5, 0.6) is 0 Å². The van der Waals surface area contributed by atoms with Crippen LogP contribution in [-0.4, -0.2) is 17.1 Å². The zero-order chi connectivity index (χ0) is 9.42. The van der Waals surface area contributed by atoms with E-state index in [4.69, 9.17) is 16.7 Å². The second-order valence-electron chi connectivity index (χ2n) is 3.04. The van der Waals surface area contributed by atoms with E-state index in [2.05, 4.69) is 5.32 Å². The molecule has 68 valence electrons. The zero-order valence-corrected chi connectivity index (χ0v) is 7.51. The molecule has 0 aliphatic carbocycles. The Bertz CT molecular complexity index is 365. The lowest BCUT2D eigenvalue weighted by atomic mass is 10.1. The Morgan fingerprint density at radius 2 is 2.38 bits per heavy atom. The van der Waals surface area contributed by atoms with Crippen molar-refractivity contribution in [3.63, 3.8) is 0 Å². The van der Waals surface area contributed by atoms with Crippen LogP contribution in [0.1, 0.15) is 5.56 Å². The van der Waals surface area contributed by atoms with Crippen molar-refractivity contribution in [3.8, 4) is 0 Å². The molecule has 0 aromatic heterocycles. The number of anilines is 1. The third-order valence-electron chi connectivity index (χ3n) is 2.12. The second kappa shape index (κ2) is 2.92. The van der Waals surface area contributed by atoms with E-state index in [-0.39, 0.29) is 0 Å². The topological polar surface area (TPSA) is 49.3 Å². The van der Waals surface area contributed by atoms with Gasteiger partial charge in [-0.15, -0.1) is 0 Å². The van der Waals surface area contributed by atoms with Gasteiger partial charge in [0.1, 0.15) is 6.04 Å². The summed E-state index contributed by atoms with van der Waals surface area (Å²) in [5, 5.41) is 12.3. The molecule has 1 aliphatic rings. The molecule has 13 heavy (non-hydrogen) atoms. The number of nitrogens with one attached hydrogen (secondary N) is 1. The molecule has 1 heterocycles. The number of carboxylic acids is 1. The highest BCUT2D eigenvalue weighted by atomic mass is 35.5. The lowest BCUT2D eigenvalue weighted by molar-refractivity contribution is -0.137. The summed E-state index contributed by atoms with van der Waals surface area (Å²) in [5.74, 6) is -0.827. The maximum absolute atomic E-state index is 10.7. The van der Waals surface area contributed by atoms with Crippen molar-refractivity contribution in [3.05, 3.63) is 28.8 Å². The molecular weight excluding hydrogens is 190 g/mol. The Kier molecular flexibility index (Phi) is 1.88. The highest BCUT2D eigenvalue weighted by Gasteiger charge is 2.25. The second-order valence-corrected chi connectivity index (χ2v) is 3.48. The highest BCUT2D eigenvalue weighted by molar-refractivity contribution is 6.30. The maximum Gasteiger partial charge on any atom is 0.326 e. The Morgan fingerprint density at radius 3 is 3.08 bits per heavy atom. The van der Waals surface area contributed by atoms with E-state index in [1.807, 2.05) is 0 Å². The molecule has 0 bridgehead atoms. The lowest BCUT2D eigenvalue weighted by Gasteiger charge is -2.03. The fourth-order valence-electron chi connectivity index (χ4n) is 1.48. The van der Waals surface area contributed by atoms with Crippen LogP contribution < -0.4 is 5.32 Å². The van der Waals surface area contributed by atoms with Gasteiger partial charge in [-0.25, -0.2) is 4.79 Å². The van der Waals surface area contributed by atoms with Crippen LogP contribution in [0, 0.1) is 0 Å². The smallest absolute Gasteiger partial charge is 0.326 e. The maximum atomic E-state index is 10.7. The molecule has 0 amide bonds. The van der Waals surface area contributed by atoms with Gasteiger partial charge in [-0.05, 0) is 23.8 Å². The van der Waals surface area contributed by atoms with Gasteiger partial charge in [-0.3, -0.25) is 0 Å². The Balaban J connectivity index is 2.30. The average Bonchev–Trinajstić information content (AvgIpc) is 2.46. The van der Waals surface area contributed by atoms with Crippen LogP contribution in [0.15, 0.2) is 18.2 Å². The highest BCUT2D eigenvalue weighted by Crippen LogP contribution is 2.28. The first kappa shape index (κ1) is 8.38. The van der Waals surface area contributed by atoms with E-state index in [1.54, 1.807) is 18.2 Å². The largest absolute Gasteiger partial charge is 0.480 e. The quantitative estimate of drug-likeness (QED) is 0.721. The molecule has 2 rings (SSSR count). The summed E-state index contributed by atoms with van der Waals surface area (Å²) >= 11 is 5.78. The van der Waals surface area contributed by atoms with Crippen molar-refractivity contribution >= 4 is 23.3 Å². The number of rotatable bonds is 1. The summed E-state index contributed by atoms with van der Waals surface area (Å²) in [7, 11) is 0. The van der Waals surface area contributed by atoms with Crippen LogP contribution in [0.25, 0.3) is 0 Å². The SMILES string of the molecule is O=C(O)[C@@H]1Cc2cc(Cl)ccc2N1.